The molecule has 0 aliphatic carbocycles. The van der Waals surface area contributed by atoms with Crippen LogP contribution in [0.15, 0.2) is 71.9 Å². The van der Waals surface area contributed by atoms with E-state index in [1.165, 1.54) is 6.92 Å². The number of ether oxygens (including phenoxy) is 2. The molecule has 0 spiro atoms. The van der Waals surface area contributed by atoms with Crippen molar-refractivity contribution in [1.82, 2.24) is 9.55 Å². The maximum absolute atomic E-state index is 10.8. The lowest BCUT2D eigenvalue weighted by Gasteiger charge is -2.11. The first-order valence-electron chi connectivity index (χ1n) is 9.91. The summed E-state index contributed by atoms with van der Waals surface area (Å²) in [5.74, 6) is 1.13. The van der Waals surface area contributed by atoms with E-state index in [1.54, 1.807) is 11.8 Å². The third kappa shape index (κ3) is 5.57. The van der Waals surface area contributed by atoms with Gasteiger partial charge in [-0.05, 0) is 60.2 Å². The van der Waals surface area contributed by atoms with Crippen LogP contribution in [0, 0.1) is 0 Å². The lowest BCUT2D eigenvalue weighted by molar-refractivity contribution is -0.141. The van der Waals surface area contributed by atoms with E-state index >= 15 is 0 Å². The van der Waals surface area contributed by atoms with Crippen molar-refractivity contribution in [1.29, 1.82) is 0 Å². The Morgan fingerprint density at radius 3 is 2.41 bits per heavy atom. The molecule has 0 aliphatic rings. The molecule has 5 nitrogen and oxygen atoms in total. The van der Waals surface area contributed by atoms with Crippen LogP contribution in [0.4, 0.5) is 0 Å². The fourth-order valence-corrected chi connectivity index (χ4v) is 4.41. The van der Waals surface area contributed by atoms with Crippen molar-refractivity contribution in [3.63, 3.8) is 0 Å². The van der Waals surface area contributed by atoms with E-state index in [4.69, 9.17) is 37.7 Å². The third-order valence-electron chi connectivity index (χ3n) is 4.62. The Morgan fingerprint density at radius 1 is 0.969 bits per heavy atom. The molecule has 0 unspecified atom stereocenters. The van der Waals surface area contributed by atoms with Gasteiger partial charge in [0, 0.05) is 28.4 Å². The second-order valence-corrected chi connectivity index (χ2v) is 8.78. The van der Waals surface area contributed by atoms with Crippen LogP contribution in [0.5, 0.6) is 5.75 Å². The highest BCUT2D eigenvalue weighted by atomic mass is 35.5. The highest BCUT2D eigenvalue weighted by Crippen LogP contribution is 2.32. The third-order valence-corrected chi connectivity index (χ3v) is 6.12. The van der Waals surface area contributed by atoms with Crippen molar-refractivity contribution in [2.75, 3.05) is 13.2 Å². The number of hydrogen-bond acceptors (Lipinski definition) is 5. The van der Waals surface area contributed by atoms with Gasteiger partial charge in [-0.15, -0.1) is 0 Å². The molecule has 1 heterocycles. The average molecular weight is 487 g/mol. The minimum Gasteiger partial charge on any atom is -0.490 e. The SMILES string of the molecule is CC(=O)OCCOc1ccc(-n2c(SCc3ccc(Cl)cc3)nc3ccc(Cl)cc32)cc1. The van der Waals surface area contributed by atoms with E-state index in [1.807, 2.05) is 66.7 Å². The number of nitrogens with zero attached hydrogens (tertiary/aromatic N) is 2. The molecular weight excluding hydrogens is 467 g/mol. The number of fused-ring (bicyclic) bond motifs is 1. The first-order chi connectivity index (χ1) is 15.5. The Labute approximate surface area is 200 Å². The van der Waals surface area contributed by atoms with Gasteiger partial charge in [-0.25, -0.2) is 4.98 Å². The summed E-state index contributed by atoms with van der Waals surface area (Å²) in [5, 5.41) is 2.23. The lowest BCUT2D eigenvalue weighted by Crippen LogP contribution is -2.09. The summed E-state index contributed by atoms with van der Waals surface area (Å²) in [6.45, 7) is 1.89. The molecule has 0 amide bonds. The van der Waals surface area contributed by atoms with E-state index < -0.39 is 0 Å². The Balaban J connectivity index is 1.58. The maximum atomic E-state index is 10.8. The molecule has 3 aromatic carbocycles. The molecule has 0 radical (unpaired) electrons. The van der Waals surface area contributed by atoms with E-state index in [0.29, 0.717) is 17.4 Å². The number of benzene rings is 3. The highest BCUT2D eigenvalue weighted by molar-refractivity contribution is 7.98. The van der Waals surface area contributed by atoms with E-state index in [-0.39, 0.29) is 12.6 Å². The van der Waals surface area contributed by atoms with Crippen LogP contribution < -0.4 is 4.74 Å². The van der Waals surface area contributed by atoms with Crippen LogP contribution in [-0.2, 0) is 15.3 Å². The number of rotatable bonds is 8. The first-order valence-corrected chi connectivity index (χ1v) is 11.7. The molecule has 8 heteroatoms. The molecule has 32 heavy (non-hydrogen) atoms. The molecule has 164 valence electrons. The summed E-state index contributed by atoms with van der Waals surface area (Å²) in [5.41, 5.74) is 3.91. The van der Waals surface area contributed by atoms with Crippen LogP contribution in [0.25, 0.3) is 16.7 Å². The number of hydrogen-bond donors (Lipinski definition) is 0. The molecule has 4 rings (SSSR count). The first kappa shape index (κ1) is 22.5. The molecule has 0 atom stereocenters. The van der Waals surface area contributed by atoms with Gasteiger partial charge in [0.1, 0.15) is 19.0 Å². The Morgan fingerprint density at radius 2 is 1.69 bits per heavy atom. The van der Waals surface area contributed by atoms with Gasteiger partial charge in [0.05, 0.1) is 11.0 Å². The number of carbonyl (C=O) groups is 1. The van der Waals surface area contributed by atoms with Crippen molar-refractivity contribution < 1.29 is 14.3 Å². The van der Waals surface area contributed by atoms with Gasteiger partial charge < -0.3 is 9.47 Å². The second-order valence-electron chi connectivity index (χ2n) is 6.96. The number of thioether (sulfide) groups is 1. The predicted molar refractivity (Wildman–Crippen MR) is 129 cm³/mol. The van der Waals surface area contributed by atoms with Crippen LogP contribution in [-0.4, -0.2) is 28.7 Å². The van der Waals surface area contributed by atoms with E-state index in [9.17, 15) is 4.79 Å². The van der Waals surface area contributed by atoms with Crippen molar-refractivity contribution in [3.05, 3.63) is 82.3 Å². The number of esters is 1. The fourth-order valence-electron chi connectivity index (χ4n) is 3.14. The molecule has 0 saturated carbocycles. The van der Waals surface area contributed by atoms with Gasteiger partial charge in [-0.2, -0.15) is 0 Å². The Bertz CT molecular complexity index is 1220. The van der Waals surface area contributed by atoms with Crippen molar-refractivity contribution >= 4 is 52.0 Å². The smallest absolute Gasteiger partial charge is 0.302 e. The predicted octanol–water partition coefficient (Wildman–Crippen LogP) is 6.57. The zero-order chi connectivity index (χ0) is 22.5. The van der Waals surface area contributed by atoms with Gasteiger partial charge in [-0.3, -0.25) is 9.36 Å². The summed E-state index contributed by atoms with van der Waals surface area (Å²) >= 11 is 13.9. The van der Waals surface area contributed by atoms with Gasteiger partial charge in [-0.1, -0.05) is 47.1 Å². The molecule has 0 fully saturated rings. The zero-order valence-corrected chi connectivity index (χ0v) is 19.6. The van der Waals surface area contributed by atoms with E-state index in [0.717, 1.165) is 38.2 Å². The summed E-state index contributed by atoms with van der Waals surface area (Å²) < 4.78 is 12.6. The van der Waals surface area contributed by atoms with Gasteiger partial charge in [0.25, 0.3) is 0 Å². The number of aromatic nitrogens is 2. The van der Waals surface area contributed by atoms with Gasteiger partial charge in [0.2, 0.25) is 0 Å². The van der Waals surface area contributed by atoms with Crippen LogP contribution in [0.3, 0.4) is 0 Å². The lowest BCUT2D eigenvalue weighted by atomic mass is 10.2. The van der Waals surface area contributed by atoms with Gasteiger partial charge in [0.15, 0.2) is 5.16 Å². The summed E-state index contributed by atoms with van der Waals surface area (Å²) in [6.07, 6.45) is 0. The molecule has 0 aliphatic heterocycles. The molecule has 0 N–H and O–H groups in total. The fraction of sp³-hybridized carbons (Fsp3) is 0.167. The summed E-state index contributed by atoms with van der Waals surface area (Å²) in [7, 11) is 0. The summed E-state index contributed by atoms with van der Waals surface area (Å²) in [4.78, 5) is 15.7. The Hall–Kier alpha value is -2.67. The number of carbonyl (C=O) groups excluding carboxylic acids is 1. The minimum absolute atomic E-state index is 0.216. The van der Waals surface area contributed by atoms with Crippen LogP contribution in [0.2, 0.25) is 10.0 Å². The molecule has 1 aromatic heterocycles. The van der Waals surface area contributed by atoms with Crippen molar-refractivity contribution in [2.45, 2.75) is 17.8 Å². The minimum atomic E-state index is -0.321. The van der Waals surface area contributed by atoms with Crippen molar-refractivity contribution in [3.8, 4) is 11.4 Å². The van der Waals surface area contributed by atoms with Gasteiger partial charge >= 0.3 is 5.97 Å². The maximum Gasteiger partial charge on any atom is 0.302 e. The average Bonchev–Trinajstić information content (AvgIpc) is 3.14. The number of imidazole rings is 1. The molecule has 4 aromatic rings. The monoisotopic (exact) mass is 486 g/mol. The van der Waals surface area contributed by atoms with Crippen LogP contribution in [0.1, 0.15) is 12.5 Å². The number of halogens is 2. The quantitative estimate of drug-likeness (QED) is 0.160. The van der Waals surface area contributed by atoms with E-state index in [2.05, 4.69) is 4.57 Å². The molecule has 0 bridgehead atoms. The Kier molecular flexibility index (Phi) is 7.25. The van der Waals surface area contributed by atoms with Crippen molar-refractivity contribution in [2.24, 2.45) is 0 Å². The topological polar surface area (TPSA) is 53.4 Å². The molecular formula is C24H20Cl2N2O3S. The second kappa shape index (κ2) is 10.3. The van der Waals surface area contributed by atoms with Crippen LogP contribution >= 0.6 is 35.0 Å². The largest absolute Gasteiger partial charge is 0.490 e. The highest BCUT2D eigenvalue weighted by Gasteiger charge is 2.14. The standard InChI is InChI=1S/C24H20Cl2N2O3S/c1-16(29)30-12-13-31-21-9-7-20(8-10-21)28-23-14-19(26)6-11-22(23)27-24(28)32-15-17-2-4-18(25)5-3-17/h2-11,14H,12-13,15H2,1H3. The molecule has 0 saturated heterocycles. The normalized spacial score (nSPS) is 11.0. The zero-order valence-electron chi connectivity index (χ0n) is 17.3. The summed E-state index contributed by atoms with van der Waals surface area (Å²) in [6, 6.07) is 21.2.